The van der Waals surface area contributed by atoms with Crippen molar-refractivity contribution in [1.29, 1.82) is 0 Å². The number of ether oxygens (including phenoxy) is 2. The molecule has 69 heavy (non-hydrogen) atoms. The van der Waals surface area contributed by atoms with Crippen LogP contribution in [0.5, 0.6) is 0 Å². The van der Waals surface area contributed by atoms with E-state index in [9.17, 15) is 24.0 Å². The van der Waals surface area contributed by atoms with Crippen LogP contribution in [0.25, 0.3) is 0 Å². The second-order valence-corrected chi connectivity index (χ2v) is 24.1. The molecule has 3 amide bonds. The van der Waals surface area contributed by atoms with E-state index in [0.29, 0.717) is 49.4 Å². The summed E-state index contributed by atoms with van der Waals surface area (Å²) in [7, 11) is 3.54. The molecule has 13 nitrogen and oxygen atoms in total. The Morgan fingerprint density at radius 1 is 0.739 bits per heavy atom. The highest BCUT2D eigenvalue weighted by Crippen LogP contribution is 2.50. The summed E-state index contributed by atoms with van der Waals surface area (Å²) in [4.78, 5) is 75.0. The predicted octanol–water partition coefficient (Wildman–Crippen LogP) is 5.14. The highest BCUT2D eigenvalue weighted by Gasteiger charge is 2.56. The Bertz CT molecular complexity index is 2350. The topological polar surface area (TPSA) is 158 Å². The first-order valence-electron chi connectivity index (χ1n) is 24.7. The summed E-state index contributed by atoms with van der Waals surface area (Å²) in [5, 5.41) is 12.0. The van der Waals surface area contributed by atoms with Crippen LogP contribution in [-0.4, -0.2) is 143 Å². The Kier molecular flexibility index (Phi) is 16.3. The van der Waals surface area contributed by atoms with Crippen molar-refractivity contribution < 1.29 is 33.4 Å². The van der Waals surface area contributed by atoms with E-state index in [1.54, 1.807) is 42.4 Å². The molecule has 4 heterocycles. The molecule has 8 rings (SSSR count). The van der Waals surface area contributed by atoms with E-state index in [1.165, 1.54) is 0 Å². The van der Waals surface area contributed by atoms with Crippen molar-refractivity contribution in [3.05, 3.63) is 70.8 Å². The average Bonchev–Trinajstić information content (AvgIpc) is 3.95. The van der Waals surface area contributed by atoms with Crippen LogP contribution in [0.4, 0.5) is 0 Å². The van der Waals surface area contributed by atoms with Crippen molar-refractivity contribution in [2.24, 2.45) is 10.8 Å². The summed E-state index contributed by atoms with van der Waals surface area (Å²) in [5.41, 5.74) is 3.64. The Hall–Kier alpha value is -3.82. The Morgan fingerprint density at radius 3 is 1.64 bits per heavy atom. The van der Waals surface area contributed by atoms with Crippen molar-refractivity contribution in [3.63, 3.8) is 0 Å². The molecule has 2 aromatic rings. The first-order chi connectivity index (χ1) is 33.0. The third kappa shape index (κ3) is 11.0. The fourth-order valence-electron chi connectivity index (χ4n) is 11.9. The van der Waals surface area contributed by atoms with E-state index < -0.39 is 41.0 Å². The number of rotatable bonds is 16. The molecule has 4 N–H and O–H groups in total. The fourth-order valence-corrected chi connectivity index (χ4v) is 15.4. The number of amides is 3. The Labute approximate surface area is 422 Å². The van der Waals surface area contributed by atoms with Gasteiger partial charge in [0.1, 0.15) is 25.3 Å². The zero-order chi connectivity index (χ0) is 49.2. The largest absolute Gasteiger partial charge is 0.367 e. The number of hydrogen-bond donors (Lipinski definition) is 4. The van der Waals surface area contributed by atoms with Crippen LogP contribution in [0.15, 0.2) is 48.5 Å². The minimum atomic E-state index is -0.689. The molecule has 0 saturated carbocycles. The summed E-state index contributed by atoms with van der Waals surface area (Å²) in [6, 6.07) is 13.6. The number of hydrogen-bond acceptors (Lipinski definition) is 12. The monoisotopic (exact) mass is 998 g/mol. The number of thiocarbonyl (C=S) groups is 1. The van der Waals surface area contributed by atoms with Crippen LogP contribution >= 0.6 is 35.7 Å². The zero-order valence-electron chi connectivity index (χ0n) is 41.1. The lowest BCUT2D eigenvalue weighted by atomic mass is 9.79. The normalized spacial score (nSPS) is 30.2. The summed E-state index contributed by atoms with van der Waals surface area (Å²) >= 11 is 8.97. The van der Waals surface area contributed by atoms with E-state index in [-0.39, 0.29) is 90.1 Å². The minimum absolute atomic E-state index is 0.00617. The zero-order valence-corrected chi connectivity index (χ0v) is 43.6. The van der Waals surface area contributed by atoms with E-state index in [2.05, 4.69) is 85.1 Å². The number of thioether (sulfide) groups is 2. The van der Waals surface area contributed by atoms with E-state index in [4.69, 9.17) is 21.7 Å². The van der Waals surface area contributed by atoms with Gasteiger partial charge in [-0.25, -0.2) is 0 Å². The fraction of sp³-hybridized carbons (Fsp3) is 0.623. The predicted molar refractivity (Wildman–Crippen MR) is 276 cm³/mol. The van der Waals surface area contributed by atoms with Crippen LogP contribution in [0.3, 0.4) is 0 Å². The molecule has 16 heteroatoms. The van der Waals surface area contributed by atoms with Gasteiger partial charge in [-0.05, 0) is 104 Å². The number of likely N-dealkylation sites (N-methyl/N-ethyl adjacent to an activating group) is 2. The van der Waals surface area contributed by atoms with Crippen LogP contribution in [0.1, 0.15) is 107 Å². The molecule has 4 saturated heterocycles. The van der Waals surface area contributed by atoms with Crippen molar-refractivity contribution >= 4 is 70.0 Å². The number of carbonyl (C=O) groups excluding carboxylic acids is 5. The highest BCUT2D eigenvalue weighted by molar-refractivity contribution is 8.00. The van der Waals surface area contributed by atoms with E-state index in [1.807, 2.05) is 36.2 Å². The maximum Gasteiger partial charge on any atom is 0.246 e. The van der Waals surface area contributed by atoms with Crippen LogP contribution in [-0.2, 0) is 46.3 Å². The number of nitrogens with zero attached hydrogens (tertiary/aromatic N) is 2. The molecule has 2 aliphatic carbocycles. The van der Waals surface area contributed by atoms with Crippen LogP contribution < -0.4 is 21.3 Å². The van der Waals surface area contributed by atoms with Gasteiger partial charge in [0.2, 0.25) is 17.7 Å². The number of nitrogens with one attached hydrogen (secondary N) is 4. The number of ketones is 2. The second-order valence-electron chi connectivity index (χ2n) is 21.0. The smallest absolute Gasteiger partial charge is 0.246 e. The van der Waals surface area contributed by atoms with Gasteiger partial charge in [0, 0.05) is 31.2 Å². The first kappa shape index (κ1) is 51.5. The average molecular weight is 999 g/mol. The van der Waals surface area contributed by atoms with E-state index >= 15 is 0 Å². The van der Waals surface area contributed by atoms with Crippen molar-refractivity contribution in [3.8, 4) is 11.8 Å². The maximum absolute atomic E-state index is 14.7. The molecule has 0 unspecified atom stereocenters. The molecule has 0 radical (unpaired) electrons. The lowest BCUT2D eigenvalue weighted by Crippen LogP contribution is -2.56. The number of fused-ring (bicyclic) bond motifs is 4. The summed E-state index contributed by atoms with van der Waals surface area (Å²) in [6.45, 7) is 10.9. The molecule has 4 aliphatic heterocycles. The molecular formula is C53H70N6O7S3. The SMILES string of the molecule is CNCC(=S)N[C@H]1CCS[C@H]2CC(C)(C)[C@@H](C(=O)C[C@H]3c4ccccc4C[C@H]3OCC#CCO[C@@H]3Cc4ccccc4[C@@H]3CC(=O)[C@H]3N4C(=O)[C@@H](NC(=O)[C@H](C)NC)CCS[C@H]4CC3(C)C)N2C1=O. The molecule has 372 valence electrons. The quantitative estimate of drug-likeness (QED) is 0.130. The van der Waals surface area contributed by atoms with Crippen molar-refractivity contribution in [2.45, 2.75) is 151 Å². The van der Waals surface area contributed by atoms with Gasteiger partial charge in [-0.15, -0.1) is 23.5 Å². The van der Waals surface area contributed by atoms with Gasteiger partial charge in [-0.1, -0.05) is 100 Å². The van der Waals surface area contributed by atoms with Gasteiger partial charge in [-0.3, -0.25) is 24.0 Å². The van der Waals surface area contributed by atoms with Gasteiger partial charge in [0.05, 0.1) is 46.1 Å². The summed E-state index contributed by atoms with van der Waals surface area (Å²) < 4.78 is 13.0. The Morgan fingerprint density at radius 2 is 1.19 bits per heavy atom. The molecule has 4 fully saturated rings. The molecule has 0 bridgehead atoms. The summed E-state index contributed by atoms with van der Waals surface area (Å²) in [5.74, 6) is 7.06. The second kappa shape index (κ2) is 21.9. The maximum atomic E-state index is 14.7. The van der Waals surface area contributed by atoms with Gasteiger partial charge in [0.15, 0.2) is 11.6 Å². The molecular weight excluding hydrogens is 929 g/mol. The first-order valence-corrected chi connectivity index (χ1v) is 27.2. The molecule has 0 aromatic heterocycles. The molecule has 0 spiro atoms. The van der Waals surface area contributed by atoms with E-state index in [0.717, 1.165) is 34.4 Å². The Balaban J connectivity index is 0.911. The third-order valence-corrected chi connectivity index (χ3v) is 18.1. The van der Waals surface area contributed by atoms with Gasteiger partial charge in [0.25, 0.3) is 0 Å². The minimum Gasteiger partial charge on any atom is -0.367 e. The highest BCUT2D eigenvalue weighted by atomic mass is 32.2. The van der Waals surface area contributed by atoms with Crippen molar-refractivity contribution in [2.75, 3.05) is 45.4 Å². The standard InChI is InChI=1S/C53H70N6O7S3/c1-31(55-7)49(62)57-39-19-23-69-46-29-53(4,5)48(59(46)51(39)64)41(61)27-37-35-17-11-9-15-33(35)25-43(37)66-21-13-12-20-65-42-24-32-14-8-10-16-34(32)36(42)26-40(60)47-52(2,3)28-45-58(47)50(63)38(18-22-68-45)56-44(67)30-54-6/h8-11,14-17,31,36-39,42-43,45-48,54-55H,18-30H2,1-7H3,(H,56,67)(H,57,62)/t31-,36-,37-,38-,39-,42+,43+,45-,46-,47+,48+/m0/s1. The molecule has 6 aliphatic rings. The van der Waals surface area contributed by atoms with Gasteiger partial charge >= 0.3 is 0 Å². The van der Waals surface area contributed by atoms with Crippen molar-refractivity contribution in [1.82, 2.24) is 31.1 Å². The molecule has 2 aromatic carbocycles. The molecule has 11 atom stereocenters. The van der Waals surface area contributed by atoms with Crippen LogP contribution in [0.2, 0.25) is 0 Å². The number of Topliss-reactive ketones (excluding diaryl/α,β-unsaturated/α-hetero) is 2. The summed E-state index contributed by atoms with van der Waals surface area (Å²) in [6.07, 6.45) is 3.84. The van der Waals surface area contributed by atoms with Gasteiger partial charge in [-0.2, -0.15) is 0 Å². The number of benzene rings is 2. The van der Waals surface area contributed by atoms with Crippen LogP contribution in [0, 0.1) is 22.7 Å². The third-order valence-electron chi connectivity index (χ3n) is 15.4. The lowest BCUT2D eigenvalue weighted by Gasteiger charge is -2.35. The van der Waals surface area contributed by atoms with Gasteiger partial charge < -0.3 is 40.5 Å². The lowest BCUT2D eigenvalue weighted by molar-refractivity contribution is -0.143. The number of carbonyl (C=O) groups is 5.